The monoisotopic (exact) mass is 559 g/mol. The molecule has 0 aliphatic carbocycles. The van der Waals surface area contributed by atoms with Gasteiger partial charge in [-0.3, -0.25) is 13.9 Å². The molecule has 34 heavy (non-hydrogen) atoms. The molecule has 0 saturated carbocycles. The number of nitrogens with one attached hydrogen (secondary N) is 1. The predicted octanol–water partition coefficient (Wildman–Crippen LogP) is 3.83. The summed E-state index contributed by atoms with van der Waals surface area (Å²) in [4.78, 5) is 27.0. The highest BCUT2D eigenvalue weighted by atomic mass is 79.9. The smallest absolute Gasteiger partial charge is 0.242 e. The molecule has 1 atom stereocenters. The van der Waals surface area contributed by atoms with Gasteiger partial charge < -0.3 is 10.2 Å². The van der Waals surface area contributed by atoms with Gasteiger partial charge in [0, 0.05) is 36.6 Å². The van der Waals surface area contributed by atoms with E-state index in [0.717, 1.165) is 38.8 Å². The van der Waals surface area contributed by atoms with Gasteiger partial charge in [0.15, 0.2) is 11.6 Å². The van der Waals surface area contributed by atoms with E-state index in [1.807, 2.05) is 24.3 Å². The molecule has 2 aromatic carbocycles. The number of anilines is 1. The van der Waals surface area contributed by atoms with Crippen LogP contribution in [0.3, 0.4) is 0 Å². The summed E-state index contributed by atoms with van der Waals surface area (Å²) in [6.45, 7) is 3.91. The first-order valence-corrected chi connectivity index (χ1v) is 13.3. The molecule has 0 unspecified atom stereocenters. The Bertz CT molecular complexity index is 1110. The molecule has 0 aromatic heterocycles. The van der Waals surface area contributed by atoms with Crippen molar-refractivity contribution in [2.45, 2.75) is 39.3 Å². The lowest BCUT2D eigenvalue weighted by Gasteiger charge is -2.29. The highest BCUT2D eigenvalue weighted by molar-refractivity contribution is 9.10. The Balaban J connectivity index is 2.16. The summed E-state index contributed by atoms with van der Waals surface area (Å²) in [6, 6.07) is 9.41. The average Bonchev–Trinajstić information content (AvgIpc) is 2.77. The second kappa shape index (κ2) is 12.3. The minimum Gasteiger partial charge on any atom is -0.355 e. The molecule has 2 amide bonds. The Kier molecular flexibility index (Phi) is 9.99. The number of benzene rings is 2. The predicted molar refractivity (Wildman–Crippen MR) is 131 cm³/mol. The van der Waals surface area contributed by atoms with Crippen molar-refractivity contribution in [3.05, 3.63) is 64.1 Å². The molecule has 0 bridgehead atoms. The zero-order valence-corrected chi connectivity index (χ0v) is 21.6. The van der Waals surface area contributed by atoms with Gasteiger partial charge in [0.05, 0.1) is 11.9 Å². The molecular formula is C23H28BrF2N3O4S. The number of sulfonamides is 1. The van der Waals surface area contributed by atoms with Gasteiger partial charge in [0.2, 0.25) is 21.8 Å². The minimum absolute atomic E-state index is 0.0312. The van der Waals surface area contributed by atoms with E-state index in [2.05, 4.69) is 21.2 Å². The van der Waals surface area contributed by atoms with Crippen molar-refractivity contribution in [3.63, 3.8) is 0 Å². The van der Waals surface area contributed by atoms with E-state index in [0.29, 0.717) is 6.54 Å². The third-order valence-electron chi connectivity index (χ3n) is 5.13. The van der Waals surface area contributed by atoms with Crippen LogP contribution in [0, 0.1) is 11.6 Å². The van der Waals surface area contributed by atoms with Crippen molar-refractivity contribution < 1.29 is 26.8 Å². The molecule has 186 valence electrons. The van der Waals surface area contributed by atoms with Gasteiger partial charge in [0.1, 0.15) is 6.04 Å². The molecule has 0 fully saturated rings. The second-order valence-electron chi connectivity index (χ2n) is 7.76. The lowest BCUT2D eigenvalue weighted by atomic mass is 10.1. The van der Waals surface area contributed by atoms with Crippen LogP contribution in [0.2, 0.25) is 0 Å². The zero-order valence-electron chi connectivity index (χ0n) is 19.2. The fraction of sp³-hybridized carbons (Fsp3) is 0.391. The van der Waals surface area contributed by atoms with Gasteiger partial charge >= 0.3 is 0 Å². The largest absolute Gasteiger partial charge is 0.355 e. The number of amides is 2. The molecule has 11 heteroatoms. The maximum atomic E-state index is 13.6. The molecule has 2 rings (SSSR count). The van der Waals surface area contributed by atoms with E-state index in [4.69, 9.17) is 0 Å². The van der Waals surface area contributed by atoms with Gasteiger partial charge in [-0.25, -0.2) is 17.2 Å². The molecular weight excluding hydrogens is 532 g/mol. The first-order valence-electron chi connectivity index (χ1n) is 10.7. The third kappa shape index (κ3) is 7.76. The van der Waals surface area contributed by atoms with Gasteiger partial charge in [-0.2, -0.15) is 0 Å². The van der Waals surface area contributed by atoms with Gasteiger partial charge in [-0.05, 0) is 50.1 Å². The van der Waals surface area contributed by atoms with E-state index in [1.54, 1.807) is 13.8 Å². The highest BCUT2D eigenvalue weighted by Crippen LogP contribution is 2.22. The van der Waals surface area contributed by atoms with Crippen molar-refractivity contribution in [2.24, 2.45) is 0 Å². The van der Waals surface area contributed by atoms with Crippen molar-refractivity contribution in [2.75, 3.05) is 23.7 Å². The number of halogens is 3. The Labute approximate surface area is 207 Å². The van der Waals surface area contributed by atoms with Crippen LogP contribution in [0.1, 0.15) is 32.3 Å². The van der Waals surface area contributed by atoms with Crippen LogP contribution in [-0.2, 0) is 26.2 Å². The van der Waals surface area contributed by atoms with Crippen LogP contribution in [0.15, 0.2) is 46.9 Å². The highest BCUT2D eigenvalue weighted by Gasteiger charge is 2.26. The Morgan fingerprint density at radius 3 is 2.29 bits per heavy atom. The van der Waals surface area contributed by atoms with Crippen molar-refractivity contribution in [3.8, 4) is 0 Å². The molecule has 0 aliphatic rings. The zero-order chi connectivity index (χ0) is 25.5. The van der Waals surface area contributed by atoms with E-state index in [-0.39, 0.29) is 43.4 Å². The normalized spacial score (nSPS) is 12.2. The Hall–Kier alpha value is -2.53. The molecule has 0 radical (unpaired) electrons. The minimum atomic E-state index is -3.80. The summed E-state index contributed by atoms with van der Waals surface area (Å²) in [7, 11) is -3.80. The van der Waals surface area contributed by atoms with Crippen molar-refractivity contribution in [1.29, 1.82) is 0 Å². The number of carbonyl (C=O) groups is 2. The van der Waals surface area contributed by atoms with Gasteiger partial charge in [-0.1, -0.05) is 28.1 Å². The number of hydrogen-bond acceptors (Lipinski definition) is 4. The van der Waals surface area contributed by atoms with Crippen LogP contribution in [0.4, 0.5) is 14.5 Å². The number of hydrogen-bond donors (Lipinski definition) is 1. The Morgan fingerprint density at radius 1 is 1.09 bits per heavy atom. The topological polar surface area (TPSA) is 86.8 Å². The number of nitrogens with zero attached hydrogens (tertiary/aromatic N) is 2. The first kappa shape index (κ1) is 27.7. The summed E-state index contributed by atoms with van der Waals surface area (Å²) in [6.07, 6.45) is 1.02. The van der Waals surface area contributed by atoms with E-state index in [9.17, 15) is 26.8 Å². The SMILES string of the molecule is CCNC(=O)[C@@H](C)N(Cc1ccc(Br)cc1)C(=O)CCCN(c1ccc(F)c(F)c1)S(C)(=O)=O. The quantitative estimate of drug-likeness (QED) is 0.453. The lowest BCUT2D eigenvalue weighted by Crippen LogP contribution is -2.47. The van der Waals surface area contributed by atoms with E-state index < -0.39 is 27.7 Å². The molecule has 0 heterocycles. The van der Waals surface area contributed by atoms with Crippen molar-refractivity contribution >= 4 is 43.5 Å². The molecule has 2 aromatic rings. The van der Waals surface area contributed by atoms with Crippen LogP contribution in [0.5, 0.6) is 0 Å². The lowest BCUT2D eigenvalue weighted by molar-refractivity contribution is -0.140. The summed E-state index contributed by atoms with van der Waals surface area (Å²) in [5.41, 5.74) is 0.795. The fourth-order valence-electron chi connectivity index (χ4n) is 3.34. The molecule has 0 saturated heterocycles. The van der Waals surface area contributed by atoms with Crippen LogP contribution < -0.4 is 9.62 Å². The molecule has 0 spiro atoms. The first-order chi connectivity index (χ1) is 15.9. The number of carbonyl (C=O) groups excluding carboxylic acids is 2. The maximum Gasteiger partial charge on any atom is 0.242 e. The van der Waals surface area contributed by atoms with Crippen LogP contribution in [-0.4, -0.2) is 50.5 Å². The molecule has 7 nitrogen and oxygen atoms in total. The standard InChI is InChI=1S/C23H28BrF2N3O4S/c1-4-27-23(31)16(2)28(15-17-7-9-18(24)10-8-17)22(30)6-5-13-29(34(3,32)33)19-11-12-20(25)21(26)14-19/h7-12,14,16H,4-6,13,15H2,1-3H3,(H,27,31)/t16-/m1/s1. The summed E-state index contributed by atoms with van der Waals surface area (Å²) < 4.78 is 53.2. The summed E-state index contributed by atoms with van der Waals surface area (Å²) in [5.74, 6) is -2.89. The Morgan fingerprint density at radius 2 is 1.74 bits per heavy atom. The van der Waals surface area contributed by atoms with E-state index in [1.165, 1.54) is 4.90 Å². The van der Waals surface area contributed by atoms with Crippen LogP contribution >= 0.6 is 15.9 Å². The molecule has 1 N–H and O–H groups in total. The average molecular weight is 560 g/mol. The van der Waals surface area contributed by atoms with E-state index >= 15 is 0 Å². The van der Waals surface area contributed by atoms with Crippen molar-refractivity contribution in [1.82, 2.24) is 10.2 Å². The van der Waals surface area contributed by atoms with Gasteiger partial charge in [0.25, 0.3) is 0 Å². The van der Waals surface area contributed by atoms with Gasteiger partial charge in [-0.15, -0.1) is 0 Å². The molecule has 0 aliphatic heterocycles. The fourth-order valence-corrected chi connectivity index (χ4v) is 4.56. The second-order valence-corrected chi connectivity index (χ2v) is 10.6. The number of rotatable bonds is 11. The number of likely N-dealkylation sites (N-methyl/N-ethyl adjacent to an activating group) is 1. The summed E-state index contributed by atoms with van der Waals surface area (Å²) in [5, 5.41) is 2.71. The summed E-state index contributed by atoms with van der Waals surface area (Å²) >= 11 is 3.36. The third-order valence-corrected chi connectivity index (χ3v) is 6.85. The van der Waals surface area contributed by atoms with Crippen LogP contribution in [0.25, 0.3) is 0 Å². The maximum absolute atomic E-state index is 13.6.